The lowest BCUT2D eigenvalue weighted by Gasteiger charge is -2.24. The number of thiazole rings is 1. The molecule has 0 aliphatic heterocycles. The van der Waals surface area contributed by atoms with Gasteiger partial charge in [0.25, 0.3) is 0 Å². The number of fused-ring (bicyclic) bond motifs is 1. The molecule has 7 nitrogen and oxygen atoms in total. The summed E-state index contributed by atoms with van der Waals surface area (Å²) in [7, 11) is -1.94. The molecule has 1 amide bonds. The zero-order chi connectivity index (χ0) is 23.8. The van der Waals surface area contributed by atoms with Crippen LogP contribution in [0.5, 0.6) is 5.75 Å². The fourth-order valence-corrected chi connectivity index (χ4v) is 5.85. The number of para-hydroxylation sites is 1. The van der Waals surface area contributed by atoms with Crippen molar-refractivity contribution in [2.75, 3.05) is 43.9 Å². The molecule has 0 atom stereocenters. The number of carbonyl (C=O) groups is 1. The minimum absolute atomic E-state index is 0.0885. The van der Waals surface area contributed by atoms with Crippen LogP contribution < -0.4 is 9.64 Å². The molecule has 178 valence electrons. The molecule has 2 aromatic carbocycles. The van der Waals surface area contributed by atoms with E-state index in [4.69, 9.17) is 4.74 Å². The van der Waals surface area contributed by atoms with Crippen molar-refractivity contribution < 1.29 is 17.9 Å². The van der Waals surface area contributed by atoms with Crippen molar-refractivity contribution in [3.8, 4) is 5.75 Å². The number of ether oxygens (including phenoxy) is 1. The van der Waals surface area contributed by atoms with Crippen LogP contribution in [0.25, 0.3) is 10.2 Å². The third-order valence-corrected chi connectivity index (χ3v) is 8.45. The number of hydrogen-bond acceptors (Lipinski definition) is 7. The molecule has 33 heavy (non-hydrogen) atoms. The Labute approximate surface area is 199 Å². The van der Waals surface area contributed by atoms with Crippen molar-refractivity contribution in [2.24, 2.45) is 0 Å². The number of nitrogens with zero attached hydrogens (tertiary/aromatic N) is 3. The minimum Gasteiger partial charge on any atom is -0.497 e. The van der Waals surface area contributed by atoms with Crippen LogP contribution >= 0.6 is 11.3 Å². The number of amides is 1. The highest BCUT2D eigenvalue weighted by atomic mass is 32.2. The number of sulfone groups is 1. The van der Waals surface area contributed by atoms with Crippen LogP contribution in [0.4, 0.5) is 5.13 Å². The van der Waals surface area contributed by atoms with Gasteiger partial charge in [-0.05, 0) is 55.9 Å². The van der Waals surface area contributed by atoms with Gasteiger partial charge < -0.3 is 9.64 Å². The van der Waals surface area contributed by atoms with Gasteiger partial charge in [-0.25, -0.2) is 13.4 Å². The minimum atomic E-state index is -3.47. The summed E-state index contributed by atoms with van der Waals surface area (Å²) in [5, 5.41) is 0.659. The Balaban J connectivity index is 1.69. The van der Waals surface area contributed by atoms with Crippen LogP contribution in [0.3, 0.4) is 0 Å². The first-order valence-corrected chi connectivity index (χ1v) is 13.6. The van der Waals surface area contributed by atoms with Crippen LogP contribution in [0.15, 0.2) is 53.4 Å². The number of hydrogen-bond donors (Lipinski definition) is 0. The summed E-state index contributed by atoms with van der Waals surface area (Å²) < 4.78 is 31.5. The Morgan fingerprint density at radius 2 is 1.73 bits per heavy atom. The summed E-state index contributed by atoms with van der Waals surface area (Å²) in [6, 6.07) is 14.1. The molecule has 0 unspecified atom stereocenters. The largest absolute Gasteiger partial charge is 0.497 e. The van der Waals surface area contributed by atoms with E-state index in [1.807, 2.05) is 24.3 Å². The number of methoxy groups -OCH3 is 1. The van der Waals surface area contributed by atoms with Crippen LogP contribution in [-0.2, 0) is 14.6 Å². The Bertz CT molecular complexity index is 1120. The number of carbonyl (C=O) groups excluding carboxylic acids is 1. The molecule has 9 heteroatoms. The first-order chi connectivity index (χ1) is 15.9. The van der Waals surface area contributed by atoms with Gasteiger partial charge in [0, 0.05) is 19.5 Å². The second kappa shape index (κ2) is 11.6. The van der Waals surface area contributed by atoms with Gasteiger partial charge in [0.2, 0.25) is 5.91 Å². The third-order valence-electron chi connectivity index (χ3n) is 5.57. The number of aromatic nitrogens is 1. The molecule has 0 saturated carbocycles. The maximum Gasteiger partial charge on any atom is 0.228 e. The van der Waals surface area contributed by atoms with Gasteiger partial charge in [0.15, 0.2) is 15.0 Å². The predicted molar refractivity (Wildman–Crippen MR) is 134 cm³/mol. The van der Waals surface area contributed by atoms with Gasteiger partial charge in [0.1, 0.15) is 5.75 Å². The van der Waals surface area contributed by atoms with Crippen molar-refractivity contribution in [3.05, 3.63) is 48.5 Å². The number of rotatable bonds is 12. The van der Waals surface area contributed by atoms with Gasteiger partial charge in [-0.1, -0.05) is 37.3 Å². The van der Waals surface area contributed by atoms with E-state index in [0.29, 0.717) is 17.4 Å². The predicted octanol–water partition coefficient (Wildman–Crippen LogP) is 4.23. The molecule has 3 aromatic rings. The summed E-state index contributed by atoms with van der Waals surface area (Å²) in [6.45, 7) is 7.25. The zero-order valence-electron chi connectivity index (χ0n) is 19.4. The summed E-state index contributed by atoms with van der Waals surface area (Å²) in [6.07, 6.45) is 0.392. The highest BCUT2D eigenvalue weighted by molar-refractivity contribution is 7.91. The van der Waals surface area contributed by atoms with Crippen molar-refractivity contribution in [2.45, 2.75) is 31.6 Å². The molecule has 1 heterocycles. The van der Waals surface area contributed by atoms with E-state index in [-0.39, 0.29) is 29.4 Å². The molecular weight excluding hydrogens is 458 g/mol. The van der Waals surface area contributed by atoms with E-state index in [1.54, 1.807) is 17.0 Å². The fourth-order valence-electron chi connectivity index (χ4n) is 3.53. The summed E-state index contributed by atoms with van der Waals surface area (Å²) in [4.78, 5) is 22.0. The quantitative estimate of drug-likeness (QED) is 0.379. The van der Waals surface area contributed by atoms with Crippen LogP contribution in [-0.4, -0.2) is 63.3 Å². The maximum atomic E-state index is 13.2. The number of anilines is 1. The Kier molecular flexibility index (Phi) is 8.82. The average Bonchev–Trinajstić information content (AvgIpc) is 3.25. The fraction of sp³-hybridized carbons (Fsp3) is 0.417. The normalized spacial score (nSPS) is 11.8. The van der Waals surface area contributed by atoms with Crippen molar-refractivity contribution in [1.29, 1.82) is 0 Å². The topological polar surface area (TPSA) is 79.8 Å². The highest BCUT2D eigenvalue weighted by Gasteiger charge is 2.22. The molecule has 0 bridgehead atoms. The lowest BCUT2D eigenvalue weighted by atomic mass is 10.3. The second-order valence-electron chi connectivity index (χ2n) is 7.63. The van der Waals surface area contributed by atoms with Crippen LogP contribution in [0.2, 0.25) is 0 Å². The third kappa shape index (κ3) is 6.52. The Morgan fingerprint density at radius 1 is 1.03 bits per heavy atom. The van der Waals surface area contributed by atoms with E-state index in [1.165, 1.54) is 30.6 Å². The van der Waals surface area contributed by atoms with Gasteiger partial charge in [-0.2, -0.15) is 0 Å². The SMILES string of the molecule is CCN(CC)CCN(C(=O)CCCS(=O)(=O)c1ccc(OC)cc1)c1nc2ccccc2s1. The molecule has 0 radical (unpaired) electrons. The van der Waals surface area contributed by atoms with Gasteiger partial charge in [-0.3, -0.25) is 9.69 Å². The Morgan fingerprint density at radius 3 is 2.36 bits per heavy atom. The van der Waals surface area contributed by atoms with Gasteiger partial charge in [-0.15, -0.1) is 0 Å². The summed E-state index contributed by atoms with van der Waals surface area (Å²) in [5.41, 5.74) is 0.861. The first kappa shape index (κ1) is 25.1. The maximum absolute atomic E-state index is 13.2. The first-order valence-electron chi connectivity index (χ1n) is 11.1. The van der Waals surface area contributed by atoms with Crippen LogP contribution in [0, 0.1) is 0 Å². The highest BCUT2D eigenvalue weighted by Crippen LogP contribution is 2.29. The lowest BCUT2D eigenvalue weighted by molar-refractivity contribution is -0.118. The summed E-state index contributed by atoms with van der Waals surface area (Å²) in [5.74, 6) is 0.407. The smallest absolute Gasteiger partial charge is 0.228 e. The number of likely N-dealkylation sites (N-methyl/N-ethyl adjacent to an activating group) is 1. The second-order valence-corrected chi connectivity index (χ2v) is 10.8. The van der Waals surface area contributed by atoms with E-state index < -0.39 is 9.84 Å². The van der Waals surface area contributed by atoms with Crippen LogP contribution in [0.1, 0.15) is 26.7 Å². The van der Waals surface area contributed by atoms with E-state index >= 15 is 0 Å². The van der Waals surface area contributed by atoms with Crippen molar-refractivity contribution in [3.63, 3.8) is 0 Å². The van der Waals surface area contributed by atoms with Crippen molar-refractivity contribution in [1.82, 2.24) is 9.88 Å². The Hall–Kier alpha value is -2.49. The molecule has 3 rings (SSSR count). The molecule has 0 spiro atoms. The van der Waals surface area contributed by atoms with Gasteiger partial charge in [0.05, 0.1) is 28.0 Å². The van der Waals surface area contributed by atoms with Gasteiger partial charge >= 0.3 is 0 Å². The molecule has 0 N–H and O–H groups in total. The van der Waals surface area contributed by atoms with Crippen molar-refractivity contribution >= 4 is 42.4 Å². The standard InChI is InChI=1S/C24H31N3O4S2/c1-4-26(5-2)16-17-27(24-25-21-9-6-7-10-22(21)32-24)23(28)11-8-18-33(29,30)20-14-12-19(31-3)13-15-20/h6-7,9-10,12-15H,4-5,8,11,16-18H2,1-3H3. The molecule has 1 aromatic heterocycles. The number of benzene rings is 2. The average molecular weight is 490 g/mol. The monoisotopic (exact) mass is 489 g/mol. The van der Waals surface area contributed by atoms with E-state index in [0.717, 1.165) is 29.9 Å². The molecular formula is C24H31N3O4S2. The zero-order valence-corrected chi connectivity index (χ0v) is 21.0. The summed E-state index contributed by atoms with van der Waals surface area (Å²) >= 11 is 1.49. The molecule has 0 saturated heterocycles. The van der Waals surface area contributed by atoms with E-state index in [2.05, 4.69) is 23.7 Å². The molecule has 0 aliphatic rings. The molecule has 0 aliphatic carbocycles. The van der Waals surface area contributed by atoms with E-state index in [9.17, 15) is 13.2 Å². The molecule has 0 fully saturated rings. The lowest BCUT2D eigenvalue weighted by Crippen LogP contribution is -2.38.